The fourth-order valence-corrected chi connectivity index (χ4v) is 4.01. The molecule has 0 aromatic heterocycles. The number of rotatable bonds is 18. The van der Waals surface area contributed by atoms with E-state index in [1.807, 2.05) is 38.1 Å². The Bertz CT molecular complexity index is 941. The van der Waals surface area contributed by atoms with E-state index in [0.717, 1.165) is 9.13 Å². The third-order valence-corrected chi connectivity index (χ3v) is 6.47. The maximum atomic E-state index is 12.8. The zero-order chi connectivity index (χ0) is 29.2. The van der Waals surface area contributed by atoms with Crippen molar-refractivity contribution in [2.75, 3.05) is 33.9 Å². The fraction of sp³-hybridized carbons (Fsp3) is 0.593. The maximum Gasteiger partial charge on any atom is 0.306 e. The van der Waals surface area contributed by atoms with Gasteiger partial charge >= 0.3 is 5.97 Å². The van der Waals surface area contributed by atoms with E-state index < -0.39 is 29.7 Å². The van der Waals surface area contributed by atoms with E-state index in [0.29, 0.717) is 13.0 Å². The molecule has 0 unspecified atom stereocenters. The average molecular weight is 661 g/mol. The number of hydrogen-bond donors (Lipinski definition) is 4. The molecule has 0 saturated heterocycles. The van der Waals surface area contributed by atoms with Crippen molar-refractivity contribution in [3.63, 3.8) is 0 Å². The van der Waals surface area contributed by atoms with Gasteiger partial charge in [-0.1, -0.05) is 26.0 Å². The van der Waals surface area contributed by atoms with Crippen LogP contribution in [0.1, 0.15) is 51.5 Å². The highest BCUT2D eigenvalue weighted by atomic mass is 127. The van der Waals surface area contributed by atoms with Crippen molar-refractivity contribution in [3.05, 3.63) is 33.4 Å². The van der Waals surface area contributed by atoms with Gasteiger partial charge in [0, 0.05) is 42.5 Å². The lowest BCUT2D eigenvalue weighted by atomic mass is 9.93. The fourth-order valence-electron chi connectivity index (χ4n) is 3.65. The Kier molecular flexibility index (Phi) is 17.0. The summed E-state index contributed by atoms with van der Waals surface area (Å²) >= 11 is 2.22. The van der Waals surface area contributed by atoms with E-state index in [1.54, 1.807) is 0 Å². The molecule has 218 valence electrons. The summed E-state index contributed by atoms with van der Waals surface area (Å²) in [5, 5.41) is 10.7. The van der Waals surface area contributed by atoms with E-state index in [1.165, 1.54) is 14.2 Å². The Hall–Kier alpha value is -2.74. The molecule has 2 atom stereocenters. The topological polar surface area (TPSA) is 152 Å². The summed E-state index contributed by atoms with van der Waals surface area (Å²) in [6.45, 7) is 5.02. The van der Waals surface area contributed by atoms with Crippen LogP contribution >= 0.6 is 22.6 Å². The minimum absolute atomic E-state index is 0.00512. The predicted octanol–water partition coefficient (Wildman–Crippen LogP) is 1.67. The van der Waals surface area contributed by atoms with Crippen LogP contribution in [0.3, 0.4) is 0 Å². The lowest BCUT2D eigenvalue weighted by molar-refractivity contribution is -0.144. The van der Waals surface area contributed by atoms with Crippen molar-refractivity contribution in [3.8, 4) is 0 Å². The van der Waals surface area contributed by atoms with E-state index in [9.17, 15) is 24.0 Å². The molecule has 0 bridgehead atoms. The molecule has 0 aliphatic rings. The van der Waals surface area contributed by atoms with E-state index in [4.69, 9.17) is 4.74 Å². The van der Waals surface area contributed by atoms with Crippen LogP contribution in [-0.4, -0.2) is 69.6 Å². The second-order valence-electron chi connectivity index (χ2n) is 9.44. The summed E-state index contributed by atoms with van der Waals surface area (Å²) in [6.07, 6.45) is 0.669. The van der Waals surface area contributed by atoms with Crippen LogP contribution in [-0.2, 0) is 40.0 Å². The number of methoxy groups -OCH3 is 1. The summed E-state index contributed by atoms with van der Waals surface area (Å²) in [7, 11) is 2.70. The van der Waals surface area contributed by atoms with Gasteiger partial charge in [0.05, 0.1) is 26.7 Å². The lowest BCUT2D eigenvalue weighted by Gasteiger charge is -2.22. The molecular weight excluding hydrogens is 619 g/mol. The normalized spacial score (nSPS) is 12.3. The van der Waals surface area contributed by atoms with Gasteiger partial charge in [-0.05, 0) is 59.0 Å². The number of carbonyl (C=O) groups is 5. The van der Waals surface area contributed by atoms with Crippen LogP contribution in [0.2, 0.25) is 0 Å². The van der Waals surface area contributed by atoms with Gasteiger partial charge in [-0.15, -0.1) is 0 Å². The van der Waals surface area contributed by atoms with Crippen molar-refractivity contribution in [2.45, 2.75) is 58.5 Å². The number of likely N-dealkylation sites (N-methyl/N-ethyl adjacent to an activating group) is 1. The summed E-state index contributed by atoms with van der Waals surface area (Å²) in [5.41, 5.74) is 1.02. The van der Waals surface area contributed by atoms with E-state index >= 15 is 0 Å². The zero-order valence-corrected chi connectivity index (χ0v) is 25.3. The van der Waals surface area contributed by atoms with Crippen molar-refractivity contribution in [1.82, 2.24) is 21.3 Å². The Balaban J connectivity index is 2.34. The molecule has 4 N–H and O–H groups in total. The molecule has 1 aromatic carbocycles. The van der Waals surface area contributed by atoms with Crippen LogP contribution in [0.4, 0.5) is 0 Å². The first kappa shape index (κ1) is 34.3. The standard InChI is InChI=1S/C27H41IN4O7/c1-18(2)15-20(16-25(35)38-4)26(36)32-22(27(37)29-3)9-10-23(33)30-12-14-39-13-11-24(34)31-17-19-5-7-21(28)8-6-19/h5-8,18,20,22H,9-17H2,1-4H3,(H,29,37)(H,30,33)(H,31,34)(H,32,36)/t20-,22+/m1/s1. The second-order valence-corrected chi connectivity index (χ2v) is 10.7. The van der Waals surface area contributed by atoms with Gasteiger partial charge in [0.15, 0.2) is 0 Å². The first-order valence-corrected chi connectivity index (χ1v) is 14.1. The summed E-state index contributed by atoms with van der Waals surface area (Å²) in [5.74, 6) is -2.27. The minimum Gasteiger partial charge on any atom is -0.469 e. The van der Waals surface area contributed by atoms with Crippen LogP contribution in [0.25, 0.3) is 0 Å². The molecule has 4 amide bonds. The van der Waals surface area contributed by atoms with Crippen LogP contribution in [0, 0.1) is 15.4 Å². The molecule has 0 aliphatic heterocycles. The number of benzene rings is 1. The molecule has 0 fully saturated rings. The highest BCUT2D eigenvalue weighted by Crippen LogP contribution is 2.17. The van der Waals surface area contributed by atoms with Crippen molar-refractivity contribution >= 4 is 52.2 Å². The van der Waals surface area contributed by atoms with Crippen LogP contribution in [0.15, 0.2) is 24.3 Å². The molecule has 39 heavy (non-hydrogen) atoms. The molecule has 1 aromatic rings. The molecule has 11 nitrogen and oxygen atoms in total. The Morgan fingerprint density at radius 3 is 2.21 bits per heavy atom. The second kappa shape index (κ2) is 19.3. The van der Waals surface area contributed by atoms with Crippen molar-refractivity contribution in [2.24, 2.45) is 11.8 Å². The molecular formula is C27H41IN4O7. The van der Waals surface area contributed by atoms with Crippen molar-refractivity contribution in [1.29, 1.82) is 0 Å². The van der Waals surface area contributed by atoms with Crippen LogP contribution < -0.4 is 21.3 Å². The number of hydrogen-bond acceptors (Lipinski definition) is 7. The number of ether oxygens (including phenoxy) is 2. The number of carbonyl (C=O) groups excluding carboxylic acids is 5. The van der Waals surface area contributed by atoms with Gasteiger partial charge in [0.1, 0.15) is 6.04 Å². The summed E-state index contributed by atoms with van der Waals surface area (Å²) in [4.78, 5) is 61.0. The maximum absolute atomic E-state index is 12.8. The van der Waals surface area contributed by atoms with Gasteiger partial charge in [-0.25, -0.2) is 0 Å². The predicted molar refractivity (Wildman–Crippen MR) is 154 cm³/mol. The van der Waals surface area contributed by atoms with E-state index in [-0.39, 0.29) is 63.2 Å². The lowest BCUT2D eigenvalue weighted by Crippen LogP contribution is -2.48. The van der Waals surface area contributed by atoms with Gasteiger partial charge < -0.3 is 30.7 Å². The molecule has 12 heteroatoms. The van der Waals surface area contributed by atoms with Gasteiger partial charge in [-0.3, -0.25) is 24.0 Å². The Labute approximate surface area is 244 Å². The third kappa shape index (κ3) is 15.4. The molecule has 1 rings (SSSR count). The van der Waals surface area contributed by atoms with Gasteiger partial charge in [0.25, 0.3) is 0 Å². The van der Waals surface area contributed by atoms with Crippen molar-refractivity contribution < 1.29 is 33.4 Å². The van der Waals surface area contributed by atoms with Gasteiger partial charge in [-0.2, -0.15) is 0 Å². The number of halogens is 1. The Morgan fingerprint density at radius 2 is 1.59 bits per heavy atom. The first-order valence-electron chi connectivity index (χ1n) is 13.0. The van der Waals surface area contributed by atoms with Gasteiger partial charge in [0.2, 0.25) is 23.6 Å². The Morgan fingerprint density at radius 1 is 0.923 bits per heavy atom. The number of amides is 4. The number of esters is 1. The average Bonchev–Trinajstić information content (AvgIpc) is 2.91. The first-order chi connectivity index (χ1) is 18.5. The molecule has 0 aliphatic carbocycles. The highest BCUT2D eigenvalue weighted by molar-refractivity contribution is 14.1. The van der Waals surface area contributed by atoms with Crippen LogP contribution in [0.5, 0.6) is 0 Å². The largest absolute Gasteiger partial charge is 0.469 e. The smallest absolute Gasteiger partial charge is 0.306 e. The number of nitrogens with one attached hydrogen (secondary N) is 4. The third-order valence-electron chi connectivity index (χ3n) is 5.75. The molecule has 0 heterocycles. The SMILES string of the molecule is CNC(=O)[C@H](CCC(=O)NCCOCCC(=O)NCc1ccc(I)cc1)NC(=O)[C@@H](CC(=O)OC)CC(C)C. The van der Waals surface area contributed by atoms with E-state index in [2.05, 4.69) is 48.6 Å². The minimum atomic E-state index is -0.921. The zero-order valence-electron chi connectivity index (χ0n) is 23.1. The quantitative estimate of drug-likeness (QED) is 0.106. The molecule has 0 radical (unpaired) electrons. The summed E-state index contributed by atoms with van der Waals surface area (Å²) < 4.78 is 11.2. The summed E-state index contributed by atoms with van der Waals surface area (Å²) in [6, 6.07) is 6.95. The molecule has 0 spiro atoms. The molecule has 0 saturated carbocycles. The highest BCUT2D eigenvalue weighted by Gasteiger charge is 2.28. The monoisotopic (exact) mass is 660 g/mol.